The zero-order valence-corrected chi connectivity index (χ0v) is 15.4. The number of aliphatic hydroxyl groups excluding tert-OH is 6. The molecule has 11 heteroatoms. The third-order valence-electron chi connectivity index (χ3n) is 2.89. The van der Waals surface area contributed by atoms with Crippen molar-refractivity contribution in [3.8, 4) is 0 Å². The standard InChI is InChI=1S/2C6H11O5.Y/c2*7-1-6(2-8,3-9)4-11-5-10;/h2*7-9H,1-4H2;/q2*-1;. The van der Waals surface area contributed by atoms with Gasteiger partial charge in [0.15, 0.2) is 0 Å². The molecule has 0 aromatic heterocycles. The fourth-order valence-corrected chi connectivity index (χ4v) is 0.939. The van der Waals surface area contributed by atoms with Crippen LogP contribution in [0, 0.1) is 10.8 Å². The van der Waals surface area contributed by atoms with E-state index in [1.165, 1.54) is 0 Å². The molecule has 0 unspecified atom stereocenters. The number of carbonyl (C=O) groups excluding carboxylic acids is 2. The predicted octanol–water partition coefficient (Wildman–Crippen LogP) is -3.94. The van der Waals surface area contributed by atoms with Crippen LogP contribution in [0.15, 0.2) is 0 Å². The molecule has 0 saturated heterocycles. The molecule has 0 amide bonds. The summed E-state index contributed by atoms with van der Waals surface area (Å²) in [5.74, 6) is 0. The first kappa shape index (κ1) is 27.6. The topological polar surface area (TPSA) is 174 Å². The summed E-state index contributed by atoms with van der Waals surface area (Å²) in [6.45, 7) is -0.844. The molecule has 0 atom stereocenters. The molecule has 0 aliphatic rings. The molecule has 23 heavy (non-hydrogen) atoms. The van der Waals surface area contributed by atoms with Gasteiger partial charge in [-0.3, -0.25) is 0 Å². The van der Waals surface area contributed by atoms with Crippen molar-refractivity contribution in [1.29, 1.82) is 0 Å². The molecular formula is C12H22O10Y-2. The summed E-state index contributed by atoms with van der Waals surface area (Å²) >= 11 is 0. The van der Waals surface area contributed by atoms with Crippen LogP contribution in [-0.2, 0) is 51.8 Å². The monoisotopic (exact) mass is 415 g/mol. The molecule has 135 valence electrons. The largest absolute Gasteiger partial charge is 0.652 e. The van der Waals surface area contributed by atoms with Crippen LogP contribution in [-0.4, -0.2) is 96.4 Å². The van der Waals surface area contributed by atoms with E-state index >= 15 is 0 Å². The Kier molecular flexibility index (Phi) is 20.0. The minimum atomic E-state index is -1.14. The van der Waals surface area contributed by atoms with E-state index < -0.39 is 50.5 Å². The maximum absolute atomic E-state index is 9.61. The summed E-state index contributed by atoms with van der Waals surface area (Å²) in [6.07, 6.45) is 0. The molecule has 0 aliphatic carbocycles. The van der Waals surface area contributed by atoms with Gasteiger partial charge in [-0.1, -0.05) is 12.9 Å². The van der Waals surface area contributed by atoms with Crippen molar-refractivity contribution in [3.05, 3.63) is 0 Å². The van der Waals surface area contributed by atoms with E-state index in [1.807, 2.05) is 0 Å². The van der Waals surface area contributed by atoms with Crippen molar-refractivity contribution >= 4 is 12.9 Å². The minimum absolute atomic E-state index is 0. The van der Waals surface area contributed by atoms with Crippen LogP contribution in [0.5, 0.6) is 0 Å². The number of ether oxygens (including phenoxy) is 2. The Morgan fingerprint density at radius 1 is 0.609 bits per heavy atom. The minimum Gasteiger partial charge on any atom is -0.652 e. The predicted molar refractivity (Wildman–Crippen MR) is 70.7 cm³/mol. The van der Waals surface area contributed by atoms with Gasteiger partial charge in [-0.25, -0.2) is 0 Å². The van der Waals surface area contributed by atoms with Crippen molar-refractivity contribution in [2.75, 3.05) is 52.9 Å². The van der Waals surface area contributed by atoms with E-state index in [-0.39, 0.29) is 45.9 Å². The molecule has 0 bridgehead atoms. The maximum atomic E-state index is 9.61. The van der Waals surface area contributed by atoms with Crippen molar-refractivity contribution in [2.24, 2.45) is 10.8 Å². The SMILES string of the molecule is O=[C-]OCC(CO)(CO)CO.O=[C-]OCC(CO)(CO)CO.[Y]. The summed E-state index contributed by atoms with van der Waals surface area (Å²) in [5, 5.41) is 52.0. The van der Waals surface area contributed by atoms with Gasteiger partial charge >= 0.3 is 0 Å². The molecule has 1 radical (unpaired) electrons. The molecule has 0 rings (SSSR count). The van der Waals surface area contributed by atoms with E-state index in [0.717, 1.165) is 12.9 Å². The molecule has 0 aromatic carbocycles. The van der Waals surface area contributed by atoms with Gasteiger partial charge < -0.3 is 49.7 Å². The van der Waals surface area contributed by atoms with Gasteiger partial charge in [0, 0.05) is 32.7 Å². The Balaban J connectivity index is -0.000000333. The second-order valence-corrected chi connectivity index (χ2v) is 4.69. The first-order chi connectivity index (χ1) is 10.5. The summed E-state index contributed by atoms with van der Waals surface area (Å²) in [5.41, 5.74) is -2.28. The second kappa shape index (κ2) is 16.7. The third kappa shape index (κ3) is 11.1. The zero-order chi connectivity index (χ0) is 17.5. The summed E-state index contributed by atoms with van der Waals surface area (Å²) in [7, 11) is 0. The van der Waals surface area contributed by atoms with Gasteiger partial charge in [0.1, 0.15) is 0 Å². The molecule has 0 heterocycles. The molecule has 0 aliphatic heterocycles. The molecule has 10 nitrogen and oxygen atoms in total. The quantitative estimate of drug-likeness (QED) is 0.173. The van der Waals surface area contributed by atoms with Gasteiger partial charge in [-0.2, -0.15) is 0 Å². The van der Waals surface area contributed by atoms with Gasteiger partial charge in [0.05, 0.1) is 63.7 Å². The van der Waals surface area contributed by atoms with Gasteiger partial charge in [0.2, 0.25) is 0 Å². The van der Waals surface area contributed by atoms with Crippen LogP contribution in [0.4, 0.5) is 0 Å². The van der Waals surface area contributed by atoms with Crippen molar-refractivity contribution in [1.82, 2.24) is 0 Å². The molecule has 6 N–H and O–H groups in total. The number of hydrogen-bond donors (Lipinski definition) is 6. The Hall–Kier alpha value is -0.196. The fourth-order valence-electron chi connectivity index (χ4n) is 0.939. The number of aliphatic hydroxyl groups is 6. The Morgan fingerprint density at radius 3 is 0.957 bits per heavy atom. The summed E-state index contributed by atoms with van der Waals surface area (Å²) in [6, 6.07) is 0. The van der Waals surface area contributed by atoms with Gasteiger partial charge in [-0.05, 0) is 0 Å². The van der Waals surface area contributed by atoms with Gasteiger partial charge in [0.25, 0.3) is 0 Å². The normalized spacial score (nSPS) is 10.7. The van der Waals surface area contributed by atoms with Crippen molar-refractivity contribution < 1.29 is 82.4 Å². The van der Waals surface area contributed by atoms with Crippen molar-refractivity contribution in [2.45, 2.75) is 0 Å². The molecule has 0 aromatic rings. The molecule has 0 fully saturated rings. The third-order valence-corrected chi connectivity index (χ3v) is 2.89. The van der Waals surface area contributed by atoms with Crippen LogP contribution < -0.4 is 0 Å². The average Bonchev–Trinajstić information content (AvgIpc) is 2.59. The first-order valence-electron chi connectivity index (χ1n) is 6.12. The number of hydrogen-bond acceptors (Lipinski definition) is 10. The molecular weight excluding hydrogens is 393 g/mol. The molecule has 0 spiro atoms. The maximum Gasteiger partial charge on any atom is 0.0702 e. The Labute approximate surface area is 158 Å². The van der Waals surface area contributed by atoms with Crippen LogP contribution in [0.3, 0.4) is 0 Å². The Bertz CT molecular complexity index is 236. The van der Waals surface area contributed by atoms with Crippen molar-refractivity contribution in [3.63, 3.8) is 0 Å². The van der Waals surface area contributed by atoms with Crippen LogP contribution >= 0.6 is 0 Å². The number of rotatable bonds is 12. The van der Waals surface area contributed by atoms with E-state index in [0.29, 0.717) is 0 Å². The van der Waals surface area contributed by atoms with E-state index in [4.69, 9.17) is 30.6 Å². The Morgan fingerprint density at radius 2 is 0.826 bits per heavy atom. The summed E-state index contributed by atoms with van der Waals surface area (Å²) in [4.78, 5) is 19.2. The first-order valence-corrected chi connectivity index (χ1v) is 6.12. The zero-order valence-electron chi connectivity index (χ0n) is 12.6. The van der Waals surface area contributed by atoms with Gasteiger partial charge in [-0.15, -0.1) is 0 Å². The second-order valence-electron chi connectivity index (χ2n) is 4.69. The van der Waals surface area contributed by atoms with E-state index in [9.17, 15) is 9.59 Å². The van der Waals surface area contributed by atoms with Crippen LogP contribution in [0.1, 0.15) is 0 Å². The van der Waals surface area contributed by atoms with E-state index in [1.54, 1.807) is 0 Å². The average molecular weight is 415 g/mol. The van der Waals surface area contributed by atoms with E-state index in [2.05, 4.69) is 9.47 Å². The fraction of sp³-hybridized carbons (Fsp3) is 0.833. The summed E-state index contributed by atoms with van der Waals surface area (Å²) < 4.78 is 8.37. The molecule has 0 saturated carbocycles. The van der Waals surface area contributed by atoms with Crippen LogP contribution in [0.25, 0.3) is 0 Å². The smallest absolute Gasteiger partial charge is 0.0702 e. The van der Waals surface area contributed by atoms with Crippen LogP contribution in [0.2, 0.25) is 0 Å².